The highest BCUT2D eigenvalue weighted by Gasteiger charge is 2.27. The molecular formula is C11H12BrFO2. The van der Waals surface area contributed by atoms with Crippen LogP contribution < -0.4 is 4.74 Å². The molecule has 0 aliphatic heterocycles. The van der Waals surface area contributed by atoms with E-state index in [-0.39, 0.29) is 11.9 Å². The molecule has 0 bridgehead atoms. The summed E-state index contributed by atoms with van der Waals surface area (Å²) in [5.41, 5.74) is 0. The highest BCUT2D eigenvalue weighted by Crippen LogP contribution is 2.30. The standard InChI is InChI=1S/C11H12BrFO2/c12-8-6-7(13)4-5-10(8)15-11-3-1-2-9(11)14/h4-6,9,11,14H,1-3H2/t9-,11-/m1/s1. The first-order valence-electron chi connectivity index (χ1n) is 4.96. The quantitative estimate of drug-likeness (QED) is 0.899. The van der Waals surface area contributed by atoms with E-state index in [4.69, 9.17) is 4.74 Å². The van der Waals surface area contributed by atoms with Crippen molar-refractivity contribution in [2.75, 3.05) is 0 Å². The highest BCUT2D eigenvalue weighted by molar-refractivity contribution is 9.10. The molecule has 1 aliphatic carbocycles. The molecule has 0 heterocycles. The van der Waals surface area contributed by atoms with Gasteiger partial charge in [0.25, 0.3) is 0 Å². The van der Waals surface area contributed by atoms with Crippen LogP contribution >= 0.6 is 15.9 Å². The van der Waals surface area contributed by atoms with Crippen molar-refractivity contribution in [3.8, 4) is 5.75 Å². The van der Waals surface area contributed by atoms with Crippen LogP contribution in [0.1, 0.15) is 19.3 Å². The normalized spacial score (nSPS) is 25.5. The first-order valence-corrected chi connectivity index (χ1v) is 5.76. The summed E-state index contributed by atoms with van der Waals surface area (Å²) in [6.07, 6.45) is 2.05. The van der Waals surface area contributed by atoms with E-state index in [1.54, 1.807) is 6.07 Å². The van der Waals surface area contributed by atoms with Gasteiger partial charge < -0.3 is 9.84 Å². The van der Waals surface area contributed by atoms with Crippen LogP contribution in [0, 0.1) is 5.82 Å². The molecule has 0 spiro atoms. The first-order chi connectivity index (χ1) is 7.16. The zero-order valence-corrected chi connectivity index (χ0v) is 9.71. The number of halogens is 2. The Balaban J connectivity index is 2.10. The maximum atomic E-state index is 12.8. The maximum absolute atomic E-state index is 12.8. The Morgan fingerprint density at radius 1 is 1.40 bits per heavy atom. The highest BCUT2D eigenvalue weighted by atomic mass is 79.9. The first kappa shape index (κ1) is 10.9. The van der Waals surface area contributed by atoms with E-state index in [1.807, 2.05) is 0 Å². The number of ether oxygens (including phenoxy) is 1. The molecule has 0 amide bonds. The topological polar surface area (TPSA) is 29.5 Å². The van der Waals surface area contributed by atoms with Gasteiger partial charge in [-0.3, -0.25) is 0 Å². The molecule has 0 unspecified atom stereocenters. The van der Waals surface area contributed by atoms with Gasteiger partial charge in [-0.05, 0) is 53.4 Å². The Bertz CT molecular complexity index is 356. The molecule has 1 N–H and O–H groups in total. The Morgan fingerprint density at radius 2 is 2.20 bits per heavy atom. The van der Waals surface area contributed by atoms with Crippen molar-refractivity contribution < 1.29 is 14.2 Å². The van der Waals surface area contributed by atoms with Crippen LogP contribution in [0.5, 0.6) is 5.75 Å². The summed E-state index contributed by atoms with van der Waals surface area (Å²) in [5, 5.41) is 9.58. The second-order valence-electron chi connectivity index (χ2n) is 3.73. The molecule has 0 aromatic heterocycles. The molecule has 2 nitrogen and oxygen atoms in total. The van der Waals surface area contributed by atoms with Crippen LogP contribution in [-0.4, -0.2) is 17.3 Å². The molecule has 82 valence electrons. The number of rotatable bonds is 2. The molecular weight excluding hydrogens is 263 g/mol. The summed E-state index contributed by atoms with van der Waals surface area (Å²) >= 11 is 3.23. The Labute approximate surface area is 96.2 Å². The lowest BCUT2D eigenvalue weighted by atomic mass is 10.2. The van der Waals surface area contributed by atoms with E-state index in [9.17, 15) is 9.50 Å². The fourth-order valence-electron chi connectivity index (χ4n) is 1.78. The molecule has 0 saturated heterocycles. The van der Waals surface area contributed by atoms with Gasteiger partial charge >= 0.3 is 0 Å². The summed E-state index contributed by atoms with van der Waals surface area (Å²) < 4.78 is 19.0. The number of hydrogen-bond acceptors (Lipinski definition) is 2. The summed E-state index contributed by atoms with van der Waals surface area (Å²) in [6.45, 7) is 0. The molecule has 1 aliphatic rings. The predicted octanol–water partition coefficient (Wildman–Crippen LogP) is 2.88. The molecule has 4 heteroatoms. The minimum absolute atomic E-state index is 0.160. The van der Waals surface area contributed by atoms with Gasteiger partial charge in [-0.1, -0.05) is 0 Å². The number of hydrogen-bond donors (Lipinski definition) is 1. The van der Waals surface area contributed by atoms with Gasteiger partial charge in [0.2, 0.25) is 0 Å². The third-order valence-corrected chi connectivity index (χ3v) is 3.21. The van der Waals surface area contributed by atoms with Crippen molar-refractivity contribution >= 4 is 15.9 Å². The van der Waals surface area contributed by atoms with Gasteiger partial charge in [-0.15, -0.1) is 0 Å². The van der Waals surface area contributed by atoms with Crippen molar-refractivity contribution in [1.29, 1.82) is 0 Å². The van der Waals surface area contributed by atoms with Crippen LogP contribution in [0.3, 0.4) is 0 Å². The van der Waals surface area contributed by atoms with E-state index in [2.05, 4.69) is 15.9 Å². The zero-order valence-electron chi connectivity index (χ0n) is 8.12. The van der Waals surface area contributed by atoms with Crippen LogP contribution in [0.15, 0.2) is 22.7 Å². The van der Waals surface area contributed by atoms with E-state index in [0.29, 0.717) is 10.2 Å². The Kier molecular flexibility index (Phi) is 3.26. The maximum Gasteiger partial charge on any atom is 0.134 e. The average Bonchev–Trinajstić information content (AvgIpc) is 2.57. The smallest absolute Gasteiger partial charge is 0.134 e. The van der Waals surface area contributed by atoms with Crippen molar-refractivity contribution in [1.82, 2.24) is 0 Å². The lowest BCUT2D eigenvalue weighted by Gasteiger charge is -2.17. The second-order valence-corrected chi connectivity index (χ2v) is 4.58. The van der Waals surface area contributed by atoms with Crippen LogP contribution in [-0.2, 0) is 0 Å². The molecule has 15 heavy (non-hydrogen) atoms. The van der Waals surface area contributed by atoms with E-state index >= 15 is 0 Å². The van der Waals surface area contributed by atoms with Gasteiger partial charge in [0.15, 0.2) is 0 Å². The predicted molar refractivity (Wildman–Crippen MR) is 58.4 cm³/mol. The molecule has 1 saturated carbocycles. The summed E-state index contributed by atoms with van der Waals surface area (Å²) in [7, 11) is 0. The molecule has 1 aromatic rings. The van der Waals surface area contributed by atoms with Crippen molar-refractivity contribution in [2.24, 2.45) is 0 Å². The number of aliphatic hydroxyl groups excluding tert-OH is 1. The van der Waals surface area contributed by atoms with E-state index in [0.717, 1.165) is 19.3 Å². The minimum atomic E-state index is -0.401. The summed E-state index contributed by atoms with van der Waals surface area (Å²) in [6, 6.07) is 4.28. The van der Waals surface area contributed by atoms with Gasteiger partial charge in [0, 0.05) is 0 Å². The van der Waals surface area contributed by atoms with Crippen LogP contribution in [0.2, 0.25) is 0 Å². The molecule has 1 aromatic carbocycles. The molecule has 1 fully saturated rings. The number of benzene rings is 1. The minimum Gasteiger partial charge on any atom is -0.487 e. The lowest BCUT2D eigenvalue weighted by molar-refractivity contribution is 0.0599. The second kappa shape index (κ2) is 4.49. The third kappa shape index (κ3) is 2.49. The van der Waals surface area contributed by atoms with Gasteiger partial charge in [-0.2, -0.15) is 0 Å². The van der Waals surface area contributed by atoms with Gasteiger partial charge in [0.1, 0.15) is 17.7 Å². The Morgan fingerprint density at radius 3 is 2.80 bits per heavy atom. The van der Waals surface area contributed by atoms with Crippen LogP contribution in [0.25, 0.3) is 0 Å². The fraction of sp³-hybridized carbons (Fsp3) is 0.455. The summed E-state index contributed by atoms with van der Waals surface area (Å²) in [5.74, 6) is 0.281. The van der Waals surface area contributed by atoms with Crippen molar-refractivity contribution in [3.63, 3.8) is 0 Å². The number of aliphatic hydroxyl groups is 1. The SMILES string of the molecule is O[C@@H]1CCC[C@H]1Oc1ccc(F)cc1Br. The third-order valence-electron chi connectivity index (χ3n) is 2.59. The van der Waals surface area contributed by atoms with Crippen molar-refractivity contribution in [3.05, 3.63) is 28.5 Å². The largest absolute Gasteiger partial charge is 0.487 e. The molecule has 2 rings (SSSR count). The van der Waals surface area contributed by atoms with Gasteiger partial charge in [-0.25, -0.2) is 4.39 Å². The lowest BCUT2D eigenvalue weighted by Crippen LogP contribution is -2.25. The zero-order chi connectivity index (χ0) is 10.8. The van der Waals surface area contributed by atoms with Crippen molar-refractivity contribution in [2.45, 2.75) is 31.5 Å². The molecule has 2 atom stereocenters. The summed E-state index contributed by atoms with van der Waals surface area (Å²) in [4.78, 5) is 0. The van der Waals surface area contributed by atoms with Gasteiger partial charge in [0.05, 0.1) is 10.6 Å². The van der Waals surface area contributed by atoms with Crippen LogP contribution in [0.4, 0.5) is 4.39 Å². The van der Waals surface area contributed by atoms with E-state index in [1.165, 1.54) is 12.1 Å². The Hall–Kier alpha value is -0.610. The molecule has 0 radical (unpaired) electrons. The monoisotopic (exact) mass is 274 g/mol. The van der Waals surface area contributed by atoms with E-state index < -0.39 is 6.10 Å². The average molecular weight is 275 g/mol. The fourth-order valence-corrected chi connectivity index (χ4v) is 2.22.